The van der Waals surface area contributed by atoms with Crippen LogP contribution in [0.2, 0.25) is 0 Å². The van der Waals surface area contributed by atoms with E-state index < -0.39 is 17.6 Å². The largest absolute Gasteiger partial charge is 0.416 e. The number of anilines is 2. The molecule has 1 saturated heterocycles. The number of benzene rings is 2. The fourth-order valence-corrected chi connectivity index (χ4v) is 3.36. The lowest BCUT2D eigenvalue weighted by Gasteiger charge is -2.31. The van der Waals surface area contributed by atoms with Gasteiger partial charge in [0.25, 0.3) is 5.91 Å². The van der Waals surface area contributed by atoms with Crippen molar-refractivity contribution >= 4 is 39.9 Å². The number of carbonyl (C=O) groups excluding carboxylic acids is 1. The smallest absolute Gasteiger partial charge is 0.378 e. The second kappa shape index (κ2) is 7.83. The lowest BCUT2D eigenvalue weighted by molar-refractivity contribution is -0.137. The maximum Gasteiger partial charge on any atom is 0.416 e. The van der Waals surface area contributed by atoms with Gasteiger partial charge in [0.1, 0.15) is 0 Å². The van der Waals surface area contributed by atoms with Crippen LogP contribution >= 0.6 is 22.6 Å². The van der Waals surface area contributed by atoms with E-state index in [-0.39, 0.29) is 5.69 Å². The van der Waals surface area contributed by atoms with Crippen molar-refractivity contribution in [1.29, 1.82) is 0 Å². The maximum absolute atomic E-state index is 13.1. The summed E-state index contributed by atoms with van der Waals surface area (Å²) in [5.41, 5.74) is 0.318. The molecule has 2 aromatic rings. The molecule has 0 saturated carbocycles. The number of alkyl halides is 3. The number of amides is 1. The Kier molecular flexibility index (Phi) is 5.71. The molecule has 138 valence electrons. The molecule has 2 aromatic carbocycles. The van der Waals surface area contributed by atoms with Crippen LogP contribution < -0.4 is 10.2 Å². The summed E-state index contributed by atoms with van der Waals surface area (Å²) in [6.07, 6.45) is -4.48. The average molecular weight is 476 g/mol. The van der Waals surface area contributed by atoms with Crippen LogP contribution in [0.1, 0.15) is 15.9 Å². The predicted molar refractivity (Wildman–Crippen MR) is 102 cm³/mol. The van der Waals surface area contributed by atoms with E-state index in [1.165, 1.54) is 6.07 Å². The van der Waals surface area contributed by atoms with Gasteiger partial charge >= 0.3 is 6.18 Å². The minimum atomic E-state index is -4.48. The molecule has 0 radical (unpaired) electrons. The Balaban J connectivity index is 1.96. The highest BCUT2D eigenvalue weighted by Crippen LogP contribution is 2.36. The molecule has 1 aliphatic heterocycles. The average Bonchev–Trinajstić information content (AvgIpc) is 2.62. The van der Waals surface area contributed by atoms with E-state index in [1.807, 2.05) is 27.5 Å². The summed E-state index contributed by atoms with van der Waals surface area (Å²) in [7, 11) is 0. The van der Waals surface area contributed by atoms with Gasteiger partial charge in [-0.25, -0.2) is 0 Å². The summed E-state index contributed by atoms with van der Waals surface area (Å²) < 4.78 is 45.4. The van der Waals surface area contributed by atoms with E-state index in [9.17, 15) is 18.0 Å². The zero-order valence-corrected chi connectivity index (χ0v) is 15.8. The fourth-order valence-electron chi connectivity index (χ4n) is 2.73. The first-order chi connectivity index (χ1) is 12.4. The summed E-state index contributed by atoms with van der Waals surface area (Å²) >= 11 is 2.02. The van der Waals surface area contributed by atoms with E-state index in [0.717, 1.165) is 15.7 Å². The number of rotatable bonds is 3. The van der Waals surface area contributed by atoms with Crippen LogP contribution in [0, 0.1) is 3.57 Å². The lowest BCUT2D eigenvalue weighted by atomic mass is 10.1. The molecule has 1 heterocycles. The van der Waals surface area contributed by atoms with Crippen LogP contribution in [0.5, 0.6) is 0 Å². The highest BCUT2D eigenvalue weighted by Gasteiger charge is 2.32. The van der Waals surface area contributed by atoms with Gasteiger partial charge in [-0.15, -0.1) is 0 Å². The number of morpholine rings is 1. The Morgan fingerprint density at radius 1 is 1.12 bits per heavy atom. The Morgan fingerprint density at radius 3 is 2.46 bits per heavy atom. The summed E-state index contributed by atoms with van der Waals surface area (Å²) in [6.45, 7) is 2.09. The van der Waals surface area contributed by atoms with Gasteiger partial charge in [-0.1, -0.05) is 12.1 Å². The van der Waals surface area contributed by atoms with Crippen molar-refractivity contribution in [3.63, 3.8) is 0 Å². The molecule has 0 aliphatic carbocycles. The van der Waals surface area contributed by atoms with Crippen molar-refractivity contribution in [2.24, 2.45) is 0 Å². The van der Waals surface area contributed by atoms with Crippen molar-refractivity contribution in [2.75, 3.05) is 36.5 Å². The first kappa shape index (κ1) is 19.0. The molecule has 1 fully saturated rings. The first-order valence-corrected chi connectivity index (χ1v) is 9.04. The zero-order valence-electron chi connectivity index (χ0n) is 13.6. The van der Waals surface area contributed by atoms with E-state index in [4.69, 9.17) is 4.74 Å². The number of nitrogens with zero attached hydrogens (tertiary/aromatic N) is 1. The zero-order chi connectivity index (χ0) is 18.7. The fraction of sp³-hybridized carbons (Fsp3) is 0.278. The molecule has 26 heavy (non-hydrogen) atoms. The molecule has 0 atom stereocenters. The van der Waals surface area contributed by atoms with Crippen LogP contribution in [0.15, 0.2) is 42.5 Å². The summed E-state index contributed by atoms with van der Waals surface area (Å²) in [4.78, 5) is 14.5. The molecule has 0 spiro atoms. The Morgan fingerprint density at radius 2 is 1.81 bits per heavy atom. The number of ether oxygens (including phenoxy) is 1. The first-order valence-electron chi connectivity index (χ1n) is 7.96. The van der Waals surface area contributed by atoms with Crippen LogP contribution in [0.25, 0.3) is 0 Å². The van der Waals surface area contributed by atoms with Crippen LogP contribution in [0.4, 0.5) is 24.5 Å². The standard InChI is InChI=1S/C18H16F3IN2O2/c19-18(20,21)12-5-6-16(24-7-9-26-10-8-24)15(11-12)23-17(25)13-3-1-2-4-14(13)22/h1-6,11H,7-10H2,(H,23,25). The molecule has 8 heteroatoms. The van der Waals surface area contributed by atoms with Gasteiger partial charge in [0, 0.05) is 16.7 Å². The molecule has 1 amide bonds. The third kappa shape index (κ3) is 4.29. The molecule has 0 aromatic heterocycles. The molecular weight excluding hydrogens is 460 g/mol. The van der Waals surface area contributed by atoms with E-state index in [1.54, 1.807) is 24.3 Å². The van der Waals surface area contributed by atoms with Gasteiger partial charge in [0.15, 0.2) is 0 Å². The van der Waals surface area contributed by atoms with E-state index in [2.05, 4.69) is 5.32 Å². The summed E-state index contributed by atoms with van der Waals surface area (Å²) in [6, 6.07) is 10.3. The van der Waals surface area contributed by atoms with Crippen LogP contribution in [-0.2, 0) is 10.9 Å². The van der Waals surface area contributed by atoms with Gasteiger partial charge in [0.2, 0.25) is 0 Å². The third-order valence-corrected chi connectivity index (χ3v) is 4.98. The topological polar surface area (TPSA) is 41.6 Å². The summed E-state index contributed by atoms with van der Waals surface area (Å²) in [5.74, 6) is -0.441. The second-order valence-corrected chi connectivity index (χ2v) is 6.93. The predicted octanol–water partition coefficient (Wildman–Crippen LogP) is 4.40. The van der Waals surface area contributed by atoms with Crippen molar-refractivity contribution in [3.05, 3.63) is 57.2 Å². The Labute approximate surface area is 162 Å². The Bertz CT molecular complexity index is 805. The third-order valence-electron chi connectivity index (χ3n) is 4.04. The monoisotopic (exact) mass is 476 g/mol. The van der Waals surface area contributed by atoms with Gasteiger partial charge < -0.3 is 15.0 Å². The molecule has 1 N–H and O–H groups in total. The molecule has 1 aliphatic rings. The molecule has 0 unspecified atom stereocenters. The number of nitrogens with one attached hydrogen (secondary N) is 1. The van der Waals surface area contributed by atoms with Gasteiger partial charge in [-0.2, -0.15) is 13.2 Å². The highest BCUT2D eigenvalue weighted by atomic mass is 127. The molecule has 4 nitrogen and oxygen atoms in total. The normalized spacial score (nSPS) is 15.0. The van der Waals surface area contributed by atoms with Crippen LogP contribution in [-0.4, -0.2) is 32.2 Å². The van der Waals surface area contributed by atoms with Crippen molar-refractivity contribution < 1.29 is 22.7 Å². The van der Waals surface area contributed by atoms with Crippen molar-refractivity contribution in [1.82, 2.24) is 0 Å². The van der Waals surface area contributed by atoms with Gasteiger partial charge in [-0.3, -0.25) is 4.79 Å². The highest BCUT2D eigenvalue weighted by molar-refractivity contribution is 14.1. The van der Waals surface area contributed by atoms with E-state index >= 15 is 0 Å². The second-order valence-electron chi connectivity index (χ2n) is 5.76. The number of hydrogen-bond donors (Lipinski definition) is 1. The van der Waals surface area contributed by atoms with Gasteiger partial charge in [0.05, 0.1) is 35.7 Å². The minimum absolute atomic E-state index is 0.145. The molecular formula is C18H16F3IN2O2. The quantitative estimate of drug-likeness (QED) is 0.669. The summed E-state index contributed by atoms with van der Waals surface area (Å²) in [5, 5.41) is 2.65. The SMILES string of the molecule is O=C(Nc1cc(C(F)(F)F)ccc1N1CCOCC1)c1ccccc1I. The number of hydrogen-bond acceptors (Lipinski definition) is 3. The van der Waals surface area contributed by atoms with Crippen molar-refractivity contribution in [3.8, 4) is 0 Å². The molecule has 0 bridgehead atoms. The lowest BCUT2D eigenvalue weighted by Crippen LogP contribution is -2.36. The van der Waals surface area contributed by atoms with Crippen LogP contribution in [0.3, 0.4) is 0 Å². The van der Waals surface area contributed by atoms with Gasteiger partial charge in [-0.05, 0) is 52.9 Å². The van der Waals surface area contributed by atoms with E-state index in [0.29, 0.717) is 37.6 Å². The Hall–Kier alpha value is -1.81. The maximum atomic E-state index is 13.1. The van der Waals surface area contributed by atoms with Crippen molar-refractivity contribution in [2.45, 2.75) is 6.18 Å². The minimum Gasteiger partial charge on any atom is -0.378 e. The number of halogens is 4. The number of carbonyl (C=O) groups is 1. The molecule has 3 rings (SSSR count).